The largest absolute Gasteiger partial charge is 0.457 e. The minimum absolute atomic E-state index is 0.0989. The van der Waals surface area contributed by atoms with E-state index in [4.69, 9.17) is 21.9 Å². The number of nitrogens with one attached hydrogen (secondary N) is 1. The highest BCUT2D eigenvalue weighted by Gasteiger charge is 2.42. The molecular formula is C36H37N5OS. The maximum absolute atomic E-state index is 6.07. The Balaban J connectivity index is 1.39. The maximum Gasteiger partial charge on any atom is 0.174 e. The van der Waals surface area contributed by atoms with Gasteiger partial charge in [0.2, 0.25) is 0 Å². The van der Waals surface area contributed by atoms with Crippen LogP contribution in [0.5, 0.6) is 11.5 Å². The summed E-state index contributed by atoms with van der Waals surface area (Å²) < 4.78 is 8.41. The van der Waals surface area contributed by atoms with E-state index >= 15 is 0 Å². The summed E-state index contributed by atoms with van der Waals surface area (Å²) in [6, 6.07) is 35.0. The van der Waals surface area contributed by atoms with E-state index < -0.39 is 0 Å². The van der Waals surface area contributed by atoms with E-state index in [-0.39, 0.29) is 12.1 Å². The number of thiocarbonyl (C=S) groups is 1. The first-order chi connectivity index (χ1) is 21.0. The molecule has 1 N–H and O–H groups in total. The molecular weight excluding hydrogens is 550 g/mol. The van der Waals surface area contributed by atoms with Crippen LogP contribution in [0.2, 0.25) is 0 Å². The van der Waals surface area contributed by atoms with Crippen LogP contribution >= 0.6 is 12.2 Å². The van der Waals surface area contributed by atoms with Crippen molar-refractivity contribution in [3.05, 3.63) is 132 Å². The predicted molar refractivity (Wildman–Crippen MR) is 180 cm³/mol. The molecule has 6 nitrogen and oxygen atoms in total. The Morgan fingerprint density at radius 2 is 1.47 bits per heavy atom. The number of rotatable bonds is 9. The molecule has 2 atom stereocenters. The molecule has 0 radical (unpaired) electrons. The second-order valence-electron chi connectivity index (χ2n) is 10.8. The van der Waals surface area contributed by atoms with Crippen LogP contribution in [0.25, 0.3) is 5.69 Å². The van der Waals surface area contributed by atoms with Crippen LogP contribution in [0.3, 0.4) is 0 Å². The maximum atomic E-state index is 6.07. The topological polar surface area (TPSA) is 45.6 Å². The summed E-state index contributed by atoms with van der Waals surface area (Å²) in [6.07, 6.45) is 1.84. The zero-order valence-corrected chi connectivity index (χ0v) is 25.9. The van der Waals surface area contributed by atoms with Crippen molar-refractivity contribution < 1.29 is 4.74 Å². The average Bonchev–Trinajstić information content (AvgIpc) is 3.54. The van der Waals surface area contributed by atoms with Crippen LogP contribution < -0.4 is 19.9 Å². The summed E-state index contributed by atoms with van der Waals surface area (Å²) in [7, 11) is 0. The summed E-state index contributed by atoms with van der Waals surface area (Å²) >= 11 is 6.00. The van der Waals surface area contributed by atoms with Gasteiger partial charge in [-0.15, -0.1) is 0 Å². The molecule has 2 aromatic heterocycles. The lowest BCUT2D eigenvalue weighted by Crippen LogP contribution is -2.29. The van der Waals surface area contributed by atoms with E-state index in [0.29, 0.717) is 5.11 Å². The van der Waals surface area contributed by atoms with Gasteiger partial charge in [-0.1, -0.05) is 24.3 Å². The van der Waals surface area contributed by atoms with Gasteiger partial charge in [-0.05, 0) is 124 Å². The number of nitrogens with zero attached hydrogens (tertiary/aromatic N) is 4. The minimum Gasteiger partial charge on any atom is -0.457 e. The van der Waals surface area contributed by atoms with Crippen molar-refractivity contribution in [2.45, 2.75) is 39.8 Å². The van der Waals surface area contributed by atoms with Crippen molar-refractivity contribution in [3.8, 4) is 17.2 Å². The van der Waals surface area contributed by atoms with Gasteiger partial charge < -0.3 is 24.4 Å². The Labute approximate surface area is 259 Å². The SMILES string of the molecule is CCN(CC)c1ccc(-n2c(C)cc([C@@H]3[C@@H](c4ccccn4)NC(=S)N3c3ccc(Oc4ccccc4)cc3)c2C)cc1. The Bertz CT molecular complexity index is 1680. The zero-order chi connectivity index (χ0) is 29.9. The number of hydrogen-bond acceptors (Lipinski definition) is 4. The highest BCUT2D eigenvalue weighted by atomic mass is 32.1. The number of pyridine rings is 1. The molecule has 1 saturated heterocycles. The second-order valence-corrected chi connectivity index (χ2v) is 11.1. The van der Waals surface area contributed by atoms with Crippen LogP contribution in [-0.2, 0) is 0 Å². The van der Waals surface area contributed by atoms with Crippen LogP contribution in [0.1, 0.15) is 48.6 Å². The highest BCUT2D eigenvalue weighted by molar-refractivity contribution is 7.80. The Kier molecular flexibility index (Phi) is 8.16. The number of para-hydroxylation sites is 1. The molecule has 218 valence electrons. The first-order valence-corrected chi connectivity index (χ1v) is 15.3. The van der Waals surface area contributed by atoms with Gasteiger partial charge in [0.05, 0.1) is 17.8 Å². The first-order valence-electron chi connectivity index (χ1n) is 14.9. The third-order valence-corrected chi connectivity index (χ3v) is 8.53. The molecule has 1 aliphatic heterocycles. The number of aryl methyl sites for hydroxylation is 1. The smallest absolute Gasteiger partial charge is 0.174 e. The van der Waals surface area contributed by atoms with Crippen molar-refractivity contribution in [1.82, 2.24) is 14.9 Å². The molecule has 0 bridgehead atoms. The Hall–Kier alpha value is -4.62. The molecule has 5 aromatic rings. The van der Waals surface area contributed by atoms with Gasteiger partial charge in [0.25, 0.3) is 0 Å². The molecule has 43 heavy (non-hydrogen) atoms. The van der Waals surface area contributed by atoms with Gasteiger partial charge in [-0.2, -0.15) is 0 Å². The number of ether oxygens (including phenoxy) is 1. The van der Waals surface area contributed by atoms with Gasteiger partial charge >= 0.3 is 0 Å². The van der Waals surface area contributed by atoms with Crippen molar-refractivity contribution in [1.29, 1.82) is 0 Å². The first kappa shape index (κ1) is 28.5. The predicted octanol–water partition coefficient (Wildman–Crippen LogP) is 8.30. The molecule has 0 amide bonds. The summed E-state index contributed by atoms with van der Waals surface area (Å²) in [5.41, 5.74) is 7.89. The lowest BCUT2D eigenvalue weighted by atomic mass is 9.96. The minimum atomic E-state index is -0.118. The molecule has 3 heterocycles. The molecule has 0 spiro atoms. The lowest BCUT2D eigenvalue weighted by Gasteiger charge is -2.28. The zero-order valence-electron chi connectivity index (χ0n) is 25.1. The van der Waals surface area contributed by atoms with Crippen LogP contribution in [0, 0.1) is 13.8 Å². The van der Waals surface area contributed by atoms with E-state index in [1.807, 2.05) is 60.8 Å². The van der Waals surface area contributed by atoms with Gasteiger partial charge in [-0.3, -0.25) is 4.98 Å². The molecule has 1 aliphatic rings. The van der Waals surface area contributed by atoms with Gasteiger partial charge in [0.15, 0.2) is 5.11 Å². The number of anilines is 2. The fraction of sp³-hybridized carbons (Fsp3) is 0.222. The number of benzene rings is 3. The third kappa shape index (κ3) is 5.60. The normalized spacial score (nSPS) is 16.3. The Morgan fingerprint density at radius 3 is 2.12 bits per heavy atom. The van der Waals surface area contributed by atoms with Gasteiger partial charge in [-0.25, -0.2) is 0 Å². The number of aromatic nitrogens is 2. The van der Waals surface area contributed by atoms with Crippen LogP contribution in [-0.4, -0.2) is 27.8 Å². The Morgan fingerprint density at radius 1 is 0.814 bits per heavy atom. The van der Waals surface area contributed by atoms with Crippen molar-refractivity contribution in [2.75, 3.05) is 22.9 Å². The van der Waals surface area contributed by atoms with Crippen molar-refractivity contribution in [2.24, 2.45) is 0 Å². The third-order valence-electron chi connectivity index (χ3n) is 8.22. The van der Waals surface area contributed by atoms with Crippen molar-refractivity contribution >= 4 is 28.7 Å². The molecule has 7 heteroatoms. The lowest BCUT2D eigenvalue weighted by molar-refractivity contribution is 0.482. The van der Waals surface area contributed by atoms with Crippen molar-refractivity contribution in [3.63, 3.8) is 0 Å². The van der Waals surface area contributed by atoms with Crippen LogP contribution in [0.4, 0.5) is 11.4 Å². The molecule has 0 saturated carbocycles. The van der Waals surface area contributed by atoms with E-state index in [2.05, 4.69) is 95.9 Å². The molecule has 0 unspecified atom stereocenters. The quantitative estimate of drug-likeness (QED) is 0.175. The molecule has 0 aliphatic carbocycles. The van der Waals surface area contributed by atoms with E-state index in [0.717, 1.165) is 41.7 Å². The second kappa shape index (κ2) is 12.3. The summed E-state index contributed by atoms with van der Waals surface area (Å²) in [5, 5.41) is 4.27. The van der Waals surface area contributed by atoms with Gasteiger partial charge in [0.1, 0.15) is 11.5 Å². The van der Waals surface area contributed by atoms with Gasteiger partial charge in [0, 0.05) is 47.7 Å². The highest BCUT2D eigenvalue weighted by Crippen LogP contribution is 2.44. The van der Waals surface area contributed by atoms with E-state index in [9.17, 15) is 0 Å². The molecule has 3 aromatic carbocycles. The summed E-state index contributed by atoms with van der Waals surface area (Å²) in [5.74, 6) is 1.58. The fourth-order valence-electron chi connectivity index (χ4n) is 6.13. The summed E-state index contributed by atoms with van der Waals surface area (Å²) in [4.78, 5) is 9.32. The fourth-order valence-corrected chi connectivity index (χ4v) is 6.48. The van der Waals surface area contributed by atoms with E-state index in [1.165, 1.54) is 22.6 Å². The molecule has 6 rings (SSSR count). The monoisotopic (exact) mass is 587 g/mol. The molecule has 1 fully saturated rings. The number of hydrogen-bond donors (Lipinski definition) is 1. The van der Waals surface area contributed by atoms with E-state index in [1.54, 1.807) is 0 Å². The summed E-state index contributed by atoms with van der Waals surface area (Å²) in [6.45, 7) is 10.7. The van der Waals surface area contributed by atoms with Crippen LogP contribution in [0.15, 0.2) is 109 Å². The standard InChI is InChI=1S/C36H37N5OS/c1-5-39(6-2)27-15-17-28(18-16-27)40-25(3)24-32(26(40)4)35-34(33-14-10-11-23-37-33)38-36(43)41(35)29-19-21-31(22-20-29)42-30-12-8-7-9-13-30/h7-24,34-35H,5-6H2,1-4H3,(H,38,43)/t34-,35-/m1/s1. The average molecular weight is 588 g/mol.